The molecule has 0 spiro atoms. The van der Waals surface area contributed by atoms with Crippen LogP contribution >= 0.6 is 0 Å². The first-order valence-corrected chi connectivity index (χ1v) is 6.27. The van der Waals surface area contributed by atoms with Gasteiger partial charge in [-0.15, -0.1) is 0 Å². The van der Waals surface area contributed by atoms with Crippen LogP contribution in [-0.4, -0.2) is 47.2 Å². The molecule has 0 radical (unpaired) electrons. The summed E-state index contributed by atoms with van der Waals surface area (Å²) in [6.45, 7) is 2.50. The molecular formula is C14H15NO4. The normalized spacial score (nSPS) is 26.1. The summed E-state index contributed by atoms with van der Waals surface area (Å²) in [7, 11) is 0. The number of fused-ring (bicyclic) bond motifs is 1. The van der Waals surface area contributed by atoms with E-state index >= 15 is 0 Å². The van der Waals surface area contributed by atoms with E-state index in [4.69, 9.17) is 4.74 Å². The summed E-state index contributed by atoms with van der Waals surface area (Å²) in [5.41, 5.74) is 0.665. The van der Waals surface area contributed by atoms with Gasteiger partial charge in [0.15, 0.2) is 0 Å². The van der Waals surface area contributed by atoms with Crippen molar-refractivity contribution in [3.8, 4) is 0 Å². The van der Waals surface area contributed by atoms with Crippen molar-refractivity contribution < 1.29 is 19.4 Å². The van der Waals surface area contributed by atoms with E-state index in [1.54, 1.807) is 18.2 Å². The molecule has 2 amide bonds. The van der Waals surface area contributed by atoms with Gasteiger partial charge in [0.2, 0.25) is 0 Å². The van der Waals surface area contributed by atoms with Gasteiger partial charge in [0.25, 0.3) is 11.8 Å². The molecule has 2 aliphatic rings. The fourth-order valence-electron chi connectivity index (χ4n) is 2.56. The third-order valence-corrected chi connectivity index (χ3v) is 3.66. The number of hydrogen-bond acceptors (Lipinski definition) is 4. The van der Waals surface area contributed by atoms with Gasteiger partial charge in [0, 0.05) is 13.0 Å². The van der Waals surface area contributed by atoms with Gasteiger partial charge in [-0.3, -0.25) is 14.5 Å². The molecule has 0 aliphatic carbocycles. The van der Waals surface area contributed by atoms with Crippen LogP contribution in [0, 0.1) is 6.92 Å². The van der Waals surface area contributed by atoms with Crippen molar-refractivity contribution in [2.45, 2.75) is 18.9 Å². The lowest BCUT2D eigenvalue weighted by Gasteiger charge is -2.25. The zero-order chi connectivity index (χ0) is 13.6. The van der Waals surface area contributed by atoms with Crippen LogP contribution in [0.5, 0.6) is 0 Å². The van der Waals surface area contributed by atoms with Gasteiger partial charge in [-0.1, -0.05) is 11.6 Å². The molecule has 2 aliphatic heterocycles. The van der Waals surface area contributed by atoms with E-state index in [1.807, 2.05) is 6.92 Å². The number of hydrogen-bond donors (Lipinski definition) is 1. The summed E-state index contributed by atoms with van der Waals surface area (Å²) in [5, 5.41) is 10.2. The Morgan fingerprint density at radius 3 is 2.74 bits per heavy atom. The molecule has 0 bridgehead atoms. The van der Waals surface area contributed by atoms with E-state index in [0.29, 0.717) is 24.2 Å². The van der Waals surface area contributed by atoms with E-state index in [1.165, 1.54) is 0 Å². The van der Waals surface area contributed by atoms with Crippen molar-refractivity contribution in [2.24, 2.45) is 0 Å². The molecule has 1 unspecified atom stereocenters. The standard InChI is InChI=1S/C14H15NO4/c1-9-2-3-10-11(6-9)13(17)15(12(10)16)7-14(18)4-5-19-8-14/h2-3,6,18H,4-5,7-8H2,1H3. The number of rotatable bonds is 2. The number of aryl methyl sites for hydroxylation is 1. The predicted octanol–water partition coefficient (Wildman–Crippen LogP) is 0.742. The van der Waals surface area contributed by atoms with Gasteiger partial charge in [-0.05, 0) is 19.1 Å². The monoisotopic (exact) mass is 261 g/mol. The van der Waals surface area contributed by atoms with E-state index in [9.17, 15) is 14.7 Å². The molecule has 0 saturated carbocycles. The molecule has 0 aromatic heterocycles. The Hall–Kier alpha value is -1.72. The van der Waals surface area contributed by atoms with Crippen LogP contribution in [0.1, 0.15) is 32.7 Å². The highest BCUT2D eigenvalue weighted by atomic mass is 16.5. The molecule has 19 heavy (non-hydrogen) atoms. The SMILES string of the molecule is Cc1ccc2c(c1)C(=O)N(CC1(O)CCOC1)C2=O. The largest absolute Gasteiger partial charge is 0.386 e. The van der Waals surface area contributed by atoms with Gasteiger partial charge in [0.05, 0.1) is 24.3 Å². The summed E-state index contributed by atoms with van der Waals surface area (Å²) in [5.74, 6) is -0.663. The Morgan fingerprint density at radius 1 is 1.32 bits per heavy atom. The molecule has 5 nitrogen and oxygen atoms in total. The summed E-state index contributed by atoms with van der Waals surface area (Å²) >= 11 is 0. The summed E-state index contributed by atoms with van der Waals surface area (Å²) in [6.07, 6.45) is 0.444. The molecule has 1 aromatic rings. The number of β-amino-alcohol motifs (C(OH)–C–C–N with tert-alkyl or cyclic N) is 1. The lowest BCUT2D eigenvalue weighted by Crippen LogP contribution is -2.46. The van der Waals surface area contributed by atoms with Gasteiger partial charge in [-0.2, -0.15) is 0 Å². The highest BCUT2D eigenvalue weighted by Crippen LogP contribution is 2.28. The van der Waals surface area contributed by atoms with Crippen molar-refractivity contribution in [1.29, 1.82) is 0 Å². The molecule has 100 valence electrons. The Morgan fingerprint density at radius 2 is 2.05 bits per heavy atom. The average molecular weight is 261 g/mol. The molecular weight excluding hydrogens is 246 g/mol. The first kappa shape index (κ1) is 12.3. The number of imide groups is 1. The predicted molar refractivity (Wildman–Crippen MR) is 66.9 cm³/mol. The van der Waals surface area contributed by atoms with Crippen LogP contribution < -0.4 is 0 Å². The maximum atomic E-state index is 12.2. The number of carbonyl (C=O) groups excluding carboxylic acids is 2. The molecule has 1 saturated heterocycles. The molecule has 1 atom stereocenters. The van der Waals surface area contributed by atoms with Crippen molar-refractivity contribution in [1.82, 2.24) is 4.90 Å². The zero-order valence-electron chi connectivity index (χ0n) is 10.7. The second-order valence-corrected chi connectivity index (χ2v) is 5.27. The van der Waals surface area contributed by atoms with Crippen LogP contribution in [0.25, 0.3) is 0 Å². The van der Waals surface area contributed by atoms with E-state index in [0.717, 1.165) is 10.5 Å². The summed E-state index contributed by atoms with van der Waals surface area (Å²) in [4.78, 5) is 25.6. The molecule has 1 aromatic carbocycles. The number of aliphatic hydroxyl groups is 1. The maximum absolute atomic E-state index is 12.2. The fraction of sp³-hybridized carbons (Fsp3) is 0.429. The fourth-order valence-corrected chi connectivity index (χ4v) is 2.56. The van der Waals surface area contributed by atoms with Crippen molar-refractivity contribution in [2.75, 3.05) is 19.8 Å². The lowest BCUT2D eigenvalue weighted by atomic mass is 10.0. The Bertz CT molecular complexity index is 561. The molecule has 3 rings (SSSR count). The highest BCUT2D eigenvalue weighted by molar-refractivity contribution is 6.21. The summed E-state index contributed by atoms with van der Waals surface area (Å²) < 4.78 is 5.14. The minimum absolute atomic E-state index is 0.00159. The van der Waals surface area contributed by atoms with E-state index < -0.39 is 5.60 Å². The number of benzene rings is 1. The molecule has 1 fully saturated rings. The van der Waals surface area contributed by atoms with Crippen LogP contribution in [0.2, 0.25) is 0 Å². The Balaban J connectivity index is 1.90. The third kappa shape index (κ3) is 1.95. The van der Waals surface area contributed by atoms with Crippen LogP contribution in [0.3, 0.4) is 0 Å². The van der Waals surface area contributed by atoms with Gasteiger partial charge >= 0.3 is 0 Å². The number of amides is 2. The van der Waals surface area contributed by atoms with Crippen LogP contribution in [0.15, 0.2) is 18.2 Å². The topological polar surface area (TPSA) is 66.8 Å². The van der Waals surface area contributed by atoms with Gasteiger partial charge < -0.3 is 9.84 Å². The van der Waals surface area contributed by atoms with Crippen molar-refractivity contribution in [3.63, 3.8) is 0 Å². The van der Waals surface area contributed by atoms with E-state index in [-0.39, 0.29) is 25.0 Å². The second-order valence-electron chi connectivity index (χ2n) is 5.27. The molecule has 1 N–H and O–H groups in total. The minimum Gasteiger partial charge on any atom is -0.386 e. The Labute approximate surface area is 110 Å². The number of ether oxygens (including phenoxy) is 1. The first-order valence-electron chi connectivity index (χ1n) is 6.27. The number of carbonyl (C=O) groups is 2. The van der Waals surface area contributed by atoms with Crippen molar-refractivity contribution >= 4 is 11.8 Å². The Kier molecular flexibility index (Phi) is 2.69. The highest BCUT2D eigenvalue weighted by Gasteiger charge is 2.42. The molecule has 2 heterocycles. The first-order chi connectivity index (χ1) is 9.00. The van der Waals surface area contributed by atoms with Crippen LogP contribution in [-0.2, 0) is 4.74 Å². The zero-order valence-corrected chi connectivity index (χ0v) is 10.7. The summed E-state index contributed by atoms with van der Waals surface area (Å²) in [6, 6.07) is 5.19. The second kappa shape index (κ2) is 4.15. The smallest absolute Gasteiger partial charge is 0.261 e. The minimum atomic E-state index is -1.11. The number of nitrogens with zero attached hydrogens (tertiary/aromatic N) is 1. The van der Waals surface area contributed by atoms with Gasteiger partial charge in [0.1, 0.15) is 5.60 Å². The lowest BCUT2D eigenvalue weighted by molar-refractivity contribution is 0.00112. The van der Waals surface area contributed by atoms with Crippen molar-refractivity contribution in [3.05, 3.63) is 34.9 Å². The third-order valence-electron chi connectivity index (χ3n) is 3.66. The average Bonchev–Trinajstić information content (AvgIpc) is 2.89. The maximum Gasteiger partial charge on any atom is 0.261 e. The van der Waals surface area contributed by atoms with E-state index in [2.05, 4.69) is 0 Å². The van der Waals surface area contributed by atoms with Gasteiger partial charge in [-0.25, -0.2) is 0 Å². The van der Waals surface area contributed by atoms with Crippen LogP contribution in [0.4, 0.5) is 0 Å². The molecule has 5 heteroatoms. The quantitative estimate of drug-likeness (QED) is 0.797.